The standard InChI is InChI=1S/C16H16BrClO/c1-10-6-12(9-13(18)7-10)16(17)15-5-4-14(19-3)8-11(15)2/h4-9,16H,1-3H3. The van der Waals surface area contributed by atoms with Crippen molar-refractivity contribution in [3.05, 3.63) is 63.7 Å². The number of hydrogen-bond acceptors (Lipinski definition) is 1. The maximum atomic E-state index is 6.13. The van der Waals surface area contributed by atoms with E-state index in [2.05, 4.69) is 41.9 Å². The molecule has 0 fully saturated rings. The summed E-state index contributed by atoms with van der Waals surface area (Å²) in [6, 6.07) is 12.2. The van der Waals surface area contributed by atoms with E-state index in [-0.39, 0.29) is 4.83 Å². The van der Waals surface area contributed by atoms with Crippen LogP contribution in [0.3, 0.4) is 0 Å². The lowest BCUT2D eigenvalue weighted by Crippen LogP contribution is -1.97. The van der Waals surface area contributed by atoms with Crippen LogP contribution in [0, 0.1) is 13.8 Å². The van der Waals surface area contributed by atoms with Gasteiger partial charge in [-0.2, -0.15) is 0 Å². The zero-order chi connectivity index (χ0) is 14.0. The van der Waals surface area contributed by atoms with Crippen LogP contribution in [0.15, 0.2) is 36.4 Å². The molecule has 2 rings (SSSR count). The summed E-state index contributed by atoms with van der Waals surface area (Å²) in [7, 11) is 1.68. The lowest BCUT2D eigenvalue weighted by atomic mass is 9.99. The Morgan fingerprint density at radius 1 is 1.11 bits per heavy atom. The first-order valence-corrected chi connectivity index (χ1v) is 7.36. The maximum Gasteiger partial charge on any atom is 0.119 e. The smallest absolute Gasteiger partial charge is 0.119 e. The second-order valence-corrected chi connectivity index (χ2v) is 6.00. The molecule has 3 heteroatoms. The molecule has 0 amide bonds. The molecule has 0 radical (unpaired) electrons. The van der Waals surface area contributed by atoms with Crippen molar-refractivity contribution in [2.24, 2.45) is 0 Å². The van der Waals surface area contributed by atoms with Crippen molar-refractivity contribution in [1.82, 2.24) is 0 Å². The van der Waals surface area contributed by atoms with E-state index >= 15 is 0 Å². The second kappa shape index (κ2) is 5.98. The van der Waals surface area contributed by atoms with Crippen molar-refractivity contribution in [2.75, 3.05) is 7.11 Å². The summed E-state index contributed by atoms with van der Waals surface area (Å²) in [5, 5.41) is 0.769. The first-order chi connectivity index (χ1) is 9.01. The fourth-order valence-electron chi connectivity index (χ4n) is 2.15. The highest BCUT2D eigenvalue weighted by molar-refractivity contribution is 9.09. The highest BCUT2D eigenvalue weighted by Crippen LogP contribution is 2.35. The van der Waals surface area contributed by atoms with Gasteiger partial charge in [0.15, 0.2) is 0 Å². The molecule has 19 heavy (non-hydrogen) atoms. The van der Waals surface area contributed by atoms with Crippen LogP contribution in [0.2, 0.25) is 5.02 Å². The normalized spacial score (nSPS) is 12.3. The van der Waals surface area contributed by atoms with Gasteiger partial charge in [0, 0.05) is 5.02 Å². The van der Waals surface area contributed by atoms with Crippen molar-refractivity contribution in [1.29, 1.82) is 0 Å². The molecule has 0 spiro atoms. The van der Waals surface area contributed by atoms with Crippen LogP contribution in [0.25, 0.3) is 0 Å². The number of methoxy groups -OCH3 is 1. The lowest BCUT2D eigenvalue weighted by Gasteiger charge is -2.15. The summed E-state index contributed by atoms with van der Waals surface area (Å²) in [4.78, 5) is 0.135. The molecule has 0 saturated heterocycles. The fourth-order valence-corrected chi connectivity index (χ4v) is 3.23. The Labute approximate surface area is 127 Å². The molecule has 0 N–H and O–H groups in total. The molecule has 1 unspecified atom stereocenters. The van der Waals surface area contributed by atoms with Gasteiger partial charge < -0.3 is 4.74 Å². The van der Waals surface area contributed by atoms with Gasteiger partial charge >= 0.3 is 0 Å². The van der Waals surface area contributed by atoms with E-state index in [0.717, 1.165) is 16.3 Å². The van der Waals surface area contributed by atoms with Gasteiger partial charge in [0.05, 0.1) is 11.9 Å². The molecule has 0 bridgehead atoms. The predicted molar refractivity (Wildman–Crippen MR) is 84.7 cm³/mol. The molecule has 0 heterocycles. The van der Waals surface area contributed by atoms with Crippen LogP contribution < -0.4 is 4.74 Å². The Balaban J connectivity index is 2.40. The summed E-state index contributed by atoms with van der Waals surface area (Å²) in [6.07, 6.45) is 0. The van der Waals surface area contributed by atoms with E-state index in [9.17, 15) is 0 Å². The molecular formula is C16H16BrClO. The number of alkyl halides is 1. The van der Waals surface area contributed by atoms with E-state index < -0.39 is 0 Å². The summed E-state index contributed by atoms with van der Waals surface area (Å²) in [5.41, 5.74) is 4.75. The Morgan fingerprint density at radius 3 is 2.42 bits per heavy atom. The lowest BCUT2D eigenvalue weighted by molar-refractivity contribution is 0.414. The minimum absolute atomic E-state index is 0.135. The summed E-state index contributed by atoms with van der Waals surface area (Å²) >= 11 is 9.89. The Kier molecular flexibility index (Phi) is 4.54. The van der Waals surface area contributed by atoms with Gasteiger partial charge in [0.25, 0.3) is 0 Å². The van der Waals surface area contributed by atoms with Gasteiger partial charge in [-0.3, -0.25) is 0 Å². The van der Waals surface area contributed by atoms with E-state index in [4.69, 9.17) is 16.3 Å². The van der Waals surface area contributed by atoms with Crippen molar-refractivity contribution in [3.63, 3.8) is 0 Å². The summed E-state index contributed by atoms with van der Waals surface area (Å²) in [5.74, 6) is 0.878. The third-order valence-electron chi connectivity index (χ3n) is 3.11. The SMILES string of the molecule is COc1ccc(C(Br)c2cc(C)cc(Cl)c2)c(C)c1. The molecule has 1 nitrogen and oxygen atoms in total. The van der Waals surface area contributed by atoms with Gasteiger partial charge in [-0.15, -0.1) is 0 Å². The van der Waals surface area contributed by atoms with Crippen LogP contribution in [0.5, 0.6) is 5.75 Å². The van der Waals surface area contributed by atoms with Crippen molar-refractivity contribution < 1.29 is 4.74 Å². The van der Waals surface area contributed by atoms with E-state index in [1.54, 1.807) is 7.11 Å². The molecule has 0 aliphatic carbocycles. The molecule has 2 aromatic rings. The topological polar surface area (TPSA) is 9.23 Å². The van der Waals surface area contributed by atoms with Crippen LogP contribution in [-0.4, -0.2) is 7.11 Å². The molecule has 0 aromatic heterocycles. The zero-order valence-electron chi connectivity index (χ0n) is 11.2. The Hall–Kier alpha value is -0.990. The number of aryl methyl sites for hydroxylation is 2. The summed E-state index contributed by atoms with van der Waals surface area (Å²) in [6.45, 7) is 4.14. The largest absolute Gasteiger partial charge is 0.497 e. The van der Waals surface area contributed by atoms with Crippen molar-refractivity contribution in [3.8, 4) is 5.75 Å². The number of benzene rings is 2. The van der Waals surface area contributed by atoms with E-state index in [0.29, 0.717) is 0 Å². The van der Waals surface area contributed by atoms with Gasteiger partial charge in [-0.05, 0) is 60.4 Å². The first kappa shape index (κ1) is 14.4. The van der Waals surface area contributed by atoms with Gasteiger partial charge in [-0.1, -0.05) is 39.7 Å². The van der Waals surface area contributed by atoms with E-state index in [1.165, 1.54) is 16.7 Å². The summed E-state index contributed by atoms with van der Waals surface area (Å²) < 4.78 is 5.24. The van der Waals surface area contributed by atoms with Crippen molar-refractivity contribution >= 4 is 27.5 Å². The van der Waals surface area contributed by atoms with Crippen LogP contribution in [-0.2, 0) is 0 Å². The maximum absolute atomic E-state index is 6.13. The quantitative estimate of drug-likeness (QED) is 0.676. The first-order valence-electron chi connectivity index (χ1n) is 6.07. The molecule has 2 aromatic carbocycles. The van der Waals surface area contributed by atoms with Gasteiger partial charge in [-0.25, -0.2) is 0 Å². The number of halogens is 2. The molecule has 0 aliphatic rings. The zero-order valence-corrected chi connectivity index (χ0v) is 13.5. The number of rotatable bonds is 3. The Morgan fingerprint density at radius 2 is 1.84 bits per heavy atom. The molecular weight excluding hydrogens is 324 g/mol. The predicted octanol–water partition coefficient (Wildman–Crippen LogP) is 5.45. The van der Waals surface area contributed by atoms with Crippen molar-refractivity contribution in [2.45, 2.75) is 18.7 Å². The minimum atomic E-state index is 0.135. The third kappa shape index (κ3) is 3.31. The minimum Gasteiger partial charge on any atom is -0.497 e. The molecule has 0 saturated carbocycles. The molecule has 1 atom stereocenters. The highest BCUT2D eigenvalue weighted by Gasteiger charge is 2.14. The van der Waals surface area contributed by atoms with Crippen LogP contribution in [0.1, 0.15) is 27.1 Å². The average molecular weight is 340 g/mol. The average Bonchev–Trinajstić information content (AvgIpc) is 2.36. The molecule has 0 aliphatic heterocycles. The van der Waals surface area contributed by atoms with Gasteiger partial charge in [0.1, 0.15) is 5.75 Å². The monoisotopic (exact) mass is 338 g/mol. The van der Waals surface area contributed by atoms with Gasteiger partial charge in [0.2, 0.25) is 0 Å². The second-order valence-electron chi connectivity index (χ2n) is 4.65. The number of hydrogen-bond donors (Lipinski definition) is 0. The third-order valence-corrected chi connectivity index (χ3v) is 4.35. The fraction of sp³-hybridized carbons (Fsp3) is 0.250. The van der Waals surface area contributed by atoms with E-state index in [1.807, 2.05) is 24.3 Å². The van der Waals surface area contributed by atoms with Crippen LogP contribution in [0.4, 0.5) is 0 Å². The van der Waals surface area contributed by atoms with Crippen LogP contribution >= 0.6 is 27.5 Å². The number of ether oxygens (including phenoxy) is 1. The Bertz CT molecular complexity index is 575. The molecule has 100 valence electrons. The highest BCUT2D eigenvalue weighted by atomic mass is 79.9.